The molecule has 0 saturated carbocycles. The molecule has 128 valence electrons. The van der Waals surface area contributed by atoms with Crippen LogP contribution >= 0.6 is 0 Å². The molecule has 0 aliphatic rings. The number of para-hydroxylation sites is 1. The smallest absolute Gasteiger partial charge is 0.407 e. The van der Waals surface area contributed by atoms with E-state index in [-0.39, 0.29) is 22.5 Å². The van der Waals surface area contributed by atoms with Crippen LogP contribution in [0.25, 0.3) is 11.1 Å². The van der Waals surface area contributed by atoms with Gasteiger partial charge in [-0.05, 0) is 18.2 Å². The Kier molecular flexibility index (Phi) is 4.05. The van der Waals surface area contributed by atoms with E-state index in [0.717, 1.165) is 15.5 Å². The fourth-order valence-corrected chi connectivity index (χ4v) is 2.42. The zero-order valence-corrected chi connectivity index (χ0v) is 13.0. The minimum Gasteiger partial charge on any atom is -0.407 e. The first kappa shape index (κ1) is 16.4. The first-order valence-electron chi connectivity index (χ1n) is 7.17. The molecule has 0 atom stereocenters. The molecule has 1 heterocycles. The van der Waals surface area contributed by atoms with Crippen LogP contribution < -0.4 is 10.7 Å². The number of carbonyl (C=O) groups is 1. The number of nitro groups is 1. The number of non-ortho nitro benzene ring substituents is 1. The fraction of sp³-hybridized carbons (Fsp3) is 0.125. The number of fused-ring (bicyclic) bond motifs is 1. The lowest BCUT2D eigenvalue weighted by molar-refractivity contribution is -0.384. The summed E-state index contributed by atoms with van der Waals surface area (Å²) in [6.07, 6.45) is 0. The quantitative estimate of drug-likeness (QED) is 0.534. The molecule has 1 amide bonds. The van der Waals surface area contributed by atoms with Crippen molar-refractivity contribution in [2.45, 2.75) is 6.54 Å². The van der Waals surface area contributed by atoms with Crippen LogP contribution in [0.1, 0.15) is 0 Å². The van der Waals surface area contributed by atoms with E-state index < -0.39 is 28.9 Å². The van der Waals surface area contributed by atoms with Crippen molar-refractivity contribution < 1.29 is 18.5 Å². The molecule has 0 aliphatic carbocycles. The van der Waals surface area contributed by atoms with Crippen molar-refractivity contribution in [3.8, 4) is 0 Å². The van der Waals surface area contributed by atoms with E-state index in [2.05, 4.69) is 0 Å². The largest absolute Gasteiger partial charge is 0.420 e. The van der Waals surface area contributed by atoms with Gasteiger partial charge >= 0.3 is 5.76 Å². The van der Waals surface area contributed by atoms with E-state index in [4.69, 9.17) is 4.42 Å². The summed E-state index contributed by atoms with van der Waals surface area (Å²) in [6.45, 7) is -0.394. The number of hydrogen-bond donors (Lipinski definition) is 0. The summed E-state index contributed by atoms with van der Waals surface area (Å²) in [5.74, 6) is -1.95. The zero-order valence-electron chi connectivity index (χ0n) is 13.0. The molecule has 9 heteroatoms. The fourth-order valence-electron chi connectivity index (χ4n) is 2.42. The van der Waals surface area contributed by atoms with Gasteiger partial charge in [0.1, 0.15) is 12.4 Å². The Morgan fingerprint density at radius 1 is 1.32 bits per heavy atom. The van der Waals surface area contributed by atoms with Gasteiger partial charge in [0.25, 0.3) is 5.69 Å². The predicted molar refractivity (Wildman–Crippen MR) is 86.9 cm³/mol. The Hall–Kier alpha value is -3.49. The molecule has 0 saturated heterocycles. The van der Waals surface area contributed by atoms with Crippen LogP contribution in [0.4, 0.5) is 15.8 Å². The molecule has 1 aromatic heterocycles. The average molecular weight is 345 g/mol. The van der Waals surface area contributed by atoms with Gasteiger partial charge in [-0.25, -0.2) is 9.18 Å². The third-order valence-electron chi connectivity index (χ3n) is 3.74. The number of rotatable bonds is 4. The van der Waals surface area contributed by atoms with E-state index in [9.17, 15) is 24.1 Å². The van der Waals surface area contributed by atoms with Crippen molar-refractivity contribution >= 4 is 28.4 Å². The molecule has 0 radical (unpaired) electrons. The predicted octanol–water partition coefficient (Wildman–Crippen LogP) is 2.30. The maximum Gasteiger partial charge on any atom is 0.420 e. The molecule has 0 unspecified atom stereocenters. The van der Waals surface area contributed by atoms with Crippen molar-refractivity contribution in [2.75, 3.05) is 11.9 Å². The zero-order chi connectivity index (χ0) is 18.1. The van der Waals surface area contributed by atoms with E-state index in [1.54, 1.807) is 6.07 Å². The number of anilines is 1. The van der Waals surface area contributed by atoms with Crippen molar-refractivity contribution in [1.29, 1.82) is 0 Å². The number of likely N-dealkylation sites (N-methyl/N-ethyl adjacent to an activating group) is 1. The minimum atomic E-state index is -0.828. The van der Waals surface area contributed by atoms with Crippen LogP contribution in [-0.2, 0) is 11.3 Å². The summed E-state index contributed by atoms with van der Waals surface area (Å²) in [5.41, 5.74) is 0.0821. The second kappa shape index (κ2) is 6.19. The summed E-state index contributed by atoms with van der Waals surface area (Å²) < 4.78 is 19.8. The van der Waals surface area contributed by atoms with Gasteiger partial charge in [-0.1, -0.05) is 12.1 Å². The Bertz CT molecular complexity index is 1040. The number of hydrogen-bond acceptors (Lipinski definition) is 5. The van der Waals surface area contributed by atoms with Crippen molar-refractivity contribution in [3.63, 3.8) is 0 Å². The second-order valence-electron chi connectivity index (χ2n) is 5.27. The summed E-state index contributed by atoms with van der Waals surface area (Å²) in [4.78, 5) is 35.6. The molecular formula is C16H12FN3O5. The molecule has 3 aromatic rings. The third-order valence-corrected chi connectivity index (χ3v) is 3.74. The molecule has 25 heavy (non-hydrogen) atoms. The highest BCUT2D eigenvalue weighted by Crippen LogP contribution is 2.21. The molecular weight excluding hydrogens is 333 g/mol. The topological polar surface area (TPSA) is 98.6 Å². The average Bonchev–Trinajstić information content (AvgIpc) is 2.89. The lowest BCUT2D eigenvalue weighted by Crippen LogP contribution is -2.33. The molecule has 2 aromatic carbocycles. The van der Waals surface area contributed by atoms with Gasteiger partial charge in [-0.15, -0.1) is 0 Å². The van der Waals surface area contributed by atoms with Crippen LogP contribution in [0.3, 0.4) is 0 Å². The van der Waals surface area contributed by atoms with Crippen molar-refractivity contribution in [3.05, 3.63) is 68.9 Å². The van der Waals surface area contributed by atoms with Crippen LogP contribution in [0.5, 0.6) is 0 Å². The van der Waals surface area contributed by atoms with E-state index in [1.807, 2.05) is 0 Å². The van der Waals surface area contributed by atoms with Gasteiger partial charge in [0, 0.05) is 13.1 Å². The van der Waals surface area contributed by atoms with Crippen LogP contribution in [0.15, 0.2) is 51.7 Å². The SMILES string of the molecule is CN(C(=O)Cn1c(=O)oc2cc([N+](=O)[O-])ccc21)c1ccccc1F. The lowest BCUT2D eigenvalue weighted by atomic mass is 10.2. The summed E-state index contributed by atoms with van der Waals surface area (Å²) in [7, 11) is 1.39. The monoisotopic (exact) mass is 345 g/mol. The Morgan fingerprint density at radius 2 is 2.04 bits per heavy atom. The van der Waals surface area contributed by atoms with E-state index in [1.165, 1.54) is 37.4 Å². The lowest BCUT2D eigenvalue weighted by Gasteiger charge is -2.17. The van der Waals surface area contributed by atoms with E-state index >= 15 is 0 Å². The Labute approximate surface area is 139 Å². The number of aromatic nitrogens is 1. The van der Waals surface area contributed by atoms with Gasteiger partial charge < -0.3 is 9.32 Å². The van der Waals surface area contributed by atoms with Gasteiger partial charge in [0.15, 0.2) is 5.58 Å². The number of nitrogens with zero attached hydrogens (tertiary/aromatic N) is 3. The number of carbonyl (C=O) groups excluding carboxylic acids is 1. The highest BCUT2D eigenvalue weighted by molar-refractivity contribution is 5.93. The molecule has 0 spiro atoms. The van der Waals surface area contributed by atoms with Crippen molar-refractivity contribution in [2.24, 2.45) is 0 Å². The number of benzene rings is 2. The molecule has 8 nitrogen and oxygen atoms in total. The molecule has 0 N–H and O–H groups in total. The minimum absolute atomic E-state index is 0.000504. The summed E-state index contributed by atoms with van der Waals surface area (Å²) >= 11 is 0. The number of amides is 1. The van der Waals surface area contributed by atoms with Crippen LogP contribution in [0.2, 0.25) is 0 Å². The van der Waals surface area contributed by atoms with Crippen LogP contribution in [0, 0.1) is 15.9 Å². The van der Waals surface area contributed by atoms with Gasteiger partial charge in [-0.2, -0.15) is 0 Å². The molecule has 0 aliphatic heterocycles. The Morgan fingerprint density at radius 3 is 2.72 bits per heavy atom. The first-order valence-corrected chi connectivity index (χ1v) is 7.17. The van der Waals surface area contributed by atoms with Crippen LogP contribution in [-0.4, -0.2) is 22.4 Å². The number of nitro benzene ring substituents is 1. The molecule has 3 rings (SSSR count). The number of oxazole rings is 1. The summed E-state index contributed by atoms with van der Waals surface area (Å²) in [6, 6.07) is 9.38. The van der Waals surface area contributed by atoms with Gasteiger partial charge in [0.05, 0.1) is 22.2 Å². The highest BCUT2D eigenvalue weighted by atomic mass is 19.1. The standard InChI is InChI=1S/C16H12FN3O5/c1-18(12-5-3-2-4-11(12)17)15(21)9-19-13-7-6-10(20(23)24)8-14(13)25-16(19)22/h2-8H,9H2,1H3. The number of halogens is 1. The second-order valence-corrected chi connectivity index (χ2v) is 5.27. The maximum absolute atomic E-state index is 13.8. The van der Waals surface area contributed by atoms with Crippen molar-refractivity contribution in [1.82, 2.24) is 4.57 Å². The third kappa shape index (κ3) is 2.99. The molecule has 0 fully saturated rings. The summed E-state index contributed by atoms with van der Waals surface area (Å²) in [5, 5.41) is 10.8. The highest BCUT2D eigenvalue weighted by Gasteiger charge is 2.19. The van der Waals surface area contributed by atoms with E-state index in [0.29, 0.717) is 0 Å². The maximum atomic E-state index is 13.8. The normalized spacial score (nSPS) is 10.8. The van der Waals surface area contributed by atoms with Gasteiger partial charge in [0.2, 0.25) is 5.91 Å². The Balaban J connectivity index is 1.94. The molecule has 0 bridgehead atoms. The first-order chi connectivity index (χ1) is 11.9. The van der Waals surface area contributed by atoms with Gasteiger partial charge in [-0.3, -0.25) is 19.5 Å².